The smallest absolute Gasteiger partial charge is 0.173 e. The van der Waals surface area contributed by atoms with Crippen LogP contribution in [0, 0.1) is 6.92 Å². The second-order valence-corrected chi connectivity index (χ2v) is 5.50. The Bertz CT molecular complexity index is 636. The Morgan fingerprint density at radius 2 is 2.05 bits per heavy atom. The third kappa shape index (κ3) is 3.98. The van der Waals surface area contributed by atoms with E-state index >= 15 is 0 Å². The maximum absolute atomic E-state index is 5.45. The summed E-state index contributed by atoms with van der Waals surface area (Å²) >= 11 is 5.45. The Labute approximate surface area is 136 Å². The molecule has 0 unspecified atom stereocenters. The van der Waals surface area contributed by atoms with Crippen molar-refractivity contribution in [3.63, 3.8) is 0 Å². The second-order valence-electron chi connectivity index (χ2n) is 5.11. The Hall–Kier alpha value is -2.08. The molecular formula is C16H22N4OS. The van der Waals surface area contributed by atoms with Crippen molar-refractivity contribution in [2.45, 2.75) is 26.9 Å². The molecule has 118 valence electrons. The fourth-order valence-electron chi connectivity index (χ4n) is 2.10. The van der Waals surface area contributed by atoms with Gasteiger partial charge in [-0.05, 0) is 50.3 Å². The molecule has 0 spiro atoms. The highest BCUT2D eigenvalue weighted by atomic mass is 32.1. The molecule has 0 radical (unpaired) electrons. The van der Waals surface area contributed by atoms with Crippen LogP contribution >= 0.6 is 12.2 Å². The molecule has 0 aliphatic heterocycles. The topological polar surface area (TPSA) is 42.3 Å². The van der Waals surface area contributed by atoms with E-state index in [9.17, 15) is 0 Å². The number of hydrogen-bond donors (Lipinski definition) is 1. The zero-order valence-electron chi connectivity index (χ0n) is 13.5. The van der Waals surface area contributed by atoms with Gasteiger partial charge in [0.15, 0.2) is 5.11 Å². The van der Waals surface area contributed by atoms with Crippen LogP contribution in [0.25, 0.3) is 0 Å². The van der Waals surface area contributed by atoms with Gasteiger partial charge in [-0.3, -0.25) is 4.68 Å². The van der Waals surface area contributed by atoms with Crippen molar-refractivity contribution in [2.24, 2.45) is 0 Å². The average Bonchev–Trinajstić information content (AvgIpc) is 2.88. The van der Waals surface area contributed by atoms with Crippen LogP contribution < -0.4 is 10.1 Å². The predicted octanol–water partition coefficient (Wildman–Crippen LogP) is 3.05. The number of anilines is 1. The van der Waals surface area contributed by atoms with E-state index in [2.05, 4.69) is 23.5 Å². The molecular weight excluding hydrogens is 296 g/mol. The largest absolute Gasteiger partial charge is 0.497 e. The van der Waals surface area contributed by atoms with E-state index in [1.54, 1.807) is 7.11 Å². The molecule has 5 nitrogen and oxygen atoms in total. The predicted molar refractivity (Wildman–Crippen MR) is 93.3 cm³/mol. The maximum Gasteiger partial charge on any atom is 0.173 e. The minimum Gasteiger partial charge on any atom is -0.497 e. The molecule has 0 saturated carbocycles. The summed E-state index contributed by atoms with van der Waals surface area (Å²) in [6.45, 7) is 5.71. The summed E-state index contributed by atoms with van der Waals surface area (Å²) in [5.41, 5.74) is 3.17. The number of ether oxygens (including phenoxy) is 1. The van der Waals surface area contributed by atoms with Crippen LogP contribution in [0.3, 0.4) is 0 Å². The number of nitrogens with one attached hydrogen (secondary N) is 1. The van der Waals surface area contributed by atoms with E-state index in [0.29, 0.717) is 5.11 Å². The Balaban J connectivity index is 1.97. The lowest BCUT2D eigenvalue weighted by atomic mass is 10.2. The fraction of sp³-hybridized carbons (Fsp3) is 0.375. The van der Waals surface area contributed by atoms with E-state index < -0.39 is 0 Å². The van der Waals surface area contributed by atoms with Gasteiger partial charge in [0, 0.05) is 37.6 Å². The van der Waals surface area contributed by atoms with Gasteiger partial charge in [-0.15, -0.1) is 0 Å². The molecule has 22 heavy (non-hydrogen) atoms. The van der Waals surface area contributed by atoms with Crippen molar-refractivity contribution >= 4 is 23.0 Å². The van der Waals surface area contributed by atoms with Crippen LogP contribution in [-0.2, 0) is 13.1 Å². The number of aromatic nitrogens is 2. The van der Waals surface area contributed by atoms with Gasteiger partial charge in [0.2, 0.25) is 0 Å². The lowest BCUT2D eigenvalue weighted by molar-refractivity contribution is 0.415. The zero-order chi connectivity index (χ0) is 16.1. The zero-order valence-corrected chi connectivity index (χ0v) is 14.3. The molecule has 0 fully saturated rings. The minimum atomic E-state index is 0.675. The molecule has 2 rings (SSSR count). The first-order chi connectivity index (χ1) is 10.5. The van der Waals surface area contributed by atoms with E-state index in [1.807, 2.05) is 47.8 Å². The summed E-state index contributed by atoms with van der Waals surface area (Å²) in [6.07, 6.45) is 2.07. The van der Waals surface area contributed by atoms with Gasteiger partial charge in [0.1, 0.15) is 5.75 Å². The number of benzene rings is 1. The molecule has 2 aromatic rings. The van der Waals surface area contributed by atoms with Crippen LogP contribution in [0.1, 0.15) is 18.2 Å². The number of hydrogen-bond acceptors (Lipinski definition) is 3. The van der Waals surface area contributed by atoms with Crippen LogP contribution in [0.4, 0.5) is 5.69 Å². The summed E-state index contributed by atoms with van der Waals surface area (Å²) in [5.74, 6) is 0.826. The normalized spacial score (nSPS) is 10.4. The van der Waals surface area contributed by atoms with Gasteiger partial charge in [-0.1, -0.05) is 0 Å². The monoisotopic (exact) mass is 318 g/mol. The highest BCUT2D eigenvalue weighted by Crippen LogP contribution is 2.16. The molecule has 0 aliphatic rings. The van der Waals surface area contributed by atoms with Gasteiger partial charge in [-0.25, -0.2) is 0 Å². The Morgan fingerprint density at radius 1 is 1.36 bits per heavy atom. The highest BCUT2D eigenvalue weighted by molar-refractivity contribution is 7.80. The second kappa shape index (κ2) is 7.26. The Morgan fingerprint density at radius 3 is 2.59 bits per heavy atom. The molecule has 0 aliphatic carbocycles. The minimum absolute atomic E-state index is 0.675. The third-order valence-electron chi connectivity index (χ3n) is 3.47. The van der Waals surface area contributed by atoms with Crippen LogP contribution in [-0.4, -0.2) is 34.0 Å². The summed E-state index contributed by atoms with van der Waals surface area (Å²) in [7, 11) is 3.63. The lowest BCUT2D eigenvalue weighted by Crippen LogP contribution is -2.30. The van der Waals surface area contributed by atoms with Crippen LogP contribution in [0.5, 0.6) is 5.75 Å². The van der Waals surface area contributed by atoms with Crippen LogP contribution in [0.15, 0.2) is 30.5 Å². The van der Waals surface area contributed by atoms with E-state index in [4.69, 9.17) is 17.0 Å². The molecule has 0 bridgehead atoms. The third-order valence-corrected chi connectivity index (χ3v) is 3.88. The quantitative estimate of drug-likeness (QED) is 0.858. The molecule has 1 heterocycles. The fourth-order valence-corrected chi connectivity index (χ4v) is 2.28. The summed E-state index contributed by atoms with van der Waals surface area (Å²) in [6, 6.07) is 7.69. The van der Waals surface area contributed by atoms with Gasteiger partial charge in [0.25, 0.3) is 0 Å². The van der Waals surface area contributed by atoms with Gasteiger partial charge < -0.3 is 15.0 Å². The van der Waals surface area contributed by atoms with Crippen LogP contribution in [0.2, 0.25) is 0 Å². The van der Waals surface area contributed by atoms with E-state index in [0.717, 1.165) is 30.2 Å². The number of nitrogens with zero attached hydrogens (tertiary/aromatic N) is 3. The standard InChI is InChI=1S/C16H22N4OS/c1-5-20-11-13(12(2)18-20)10-19(3)16(22)17-14-6-8-15(21-4)9-7-14/h6-9,11H,5,10H2,1-4H3,(H,17,22). The summed E-state index contributed by atoms with van der Waals surface area (Å²) in [5, 5.41) is 8.36. The van der Waals surface area contributed by atoms with E-state index in [-0.39, 0.29) is 0 Å². The van der Waals surface area contributed by atoms with Crippen molar-refractivity contribution in [3.05, 3.63) is 41.7 Å². The highest BCUT2D eigenvalue weighted by Gasteiger charge is 2.10. The first-order valence-electron chi connectivity index (χ1n) is 7.22. The molecule has 1 aromatic heterocycles. The molecule has 0 saturated heterocycles. The first-order valence-corrected chi connectivity index (χ1v) is 7.63. The van der Waals surface area contributed by atoms with Crippen molar-refractivity contribution in [2.75, 3.05) is 19.5 Å². The summed E-state index contributed by atoms with van der Waals surface area (Å²) in [4.78, 5) is 2.00. The number of aryl methyl sites for hydroxylation is 2. The molecule has 0 amide bonds. The molecule has 1 N–H and O–H groups in total. The van der Waals surface area contributed by atoms with Crippen molar-refractivity contribution < 1.29 is 4.74 Å². The average molecular weight is 318 g/mol. The lowest BCUT2D eigenvalue weighted by Gasteiger charge is -2.20. The van der Waals surface area contributed by atoms with Gasteiger partial charge in [0.05, 0.1) is 12.8 Å². The molecule has 6 heteroatoms. The van der Waals surface area contributed by atoms with Crippen molar-refractivity contribution in [1.29, 1.82) is 0 Å². The van der Waals surface area contributed by atoms with Crippen molar-refractivity contribution in [3.8, 4) is 5.75 Å². The molecule has 1 aromatic carbocycles. The first kappa shape index (κ1) is 16.3. The SMILES string of the molecule is CCn1cc(CN(C)C(=S)Nc2ccc(OC)cc2)c(C)n1. The molecule has 0 atom stereocenters. The van der Waals surface area contributed by atoms with Crippen molar-refractivity contribution in [1.82, 2.24) is 14.7 Å². The number of thiocarbonyl (C=S) groups is 1. The Kier molecular flexibility index (Phi) is 5.38. The maximum atomic E-state index is 5.45. The number of methoxy groups -OCH3 is 1. The summed E-state index contributed by atoms with van der Waals surface area (Å²) < 4.78 is 7.09. The number of rotatable bonds is 5. The van der Waals surface area contributed by atoms with Gasteiger partial charge in [-0.2, -0.15) is 5.10 Å². The van der Waals surface area contributed by atoms with E-state index in [1.165, 1.54) is 5.56 Å². The van der Waals surface area contributed by atoms with Gasteiger partial charge >= 0.3 is 0 Å².